The summed E-state index contributed by atoms with van der Waals surface area (Å²) in [5, 5.41) is 3.58. The summed E-state index contributed by atoms with van der Waals surface area (Å²) in [6.45, 7) is 0. The van der Waals surface area contributed by atoms with Gasteiger partial charge in [-0.25, -0.2) is 4.98 Å². The van der Waals surface area contributed by atoms with Crippen molar-refractivity contribution in [2.45, 2.75) is 6.18 Å². The second-order valence-electron chi connectivity index (χ2n) is 3.18. The van der Waals surface area contributed by atoms with E-state index in [1.165, 1.54) is 29.7 Å². The molecule has 7 heteroatoms. The maximum absolute atomic E-state index is 12.3. The van der Waals surface area contributed by atoms with Gasteiger partial charge in [-0.05, 0) is 24.3 Å². The minimum absolute atomic E-state index is 0.374. The smallest absolute Gasteiger partial charge is 0.346 e. The van der Waals surface area contributed by atoms with Gasteiger partial charge in [-0.1, -0.05) is 22.9 Å². The Morgan fingerprint density at radius 1 is 1.18 bits per heavy atom. The standard InChI is InChI=1S/C10H6ClF3N2S/c11-9-15-5-8(17-9)16-7-3-1-6(2-4-7)10(12,13)14/h1-5,16H. The molecule has 0 saturated carbocycles. The molecule has 0 spiro atoms. The third kappa shape index (κ3) is 3.10. The zero-order valence-electron chi connectivity index (χ0n) is 8.25. The molecule has 0 aliphatic carbocycles. The van der Waals surface area contributed by atoms with Crippen LogP contribution in [0.5, 0.6) is 0 Å². The lowest BCUT2D eigenvalue weighted by Gasteiger charge is -2.07. The minimum Gasteiger partial charge on any atom is -0.346 e. The molecule has 0 unspecified atom stereocenters. The summed E-state index contributed by atoms with van der Waals surface area (Å²) >= 11 is 6.84. The summed E-state index contributed by atoms with van der Waals surface area (Å²) in [6.07, 6.45) is -2.79. The van der Waals surface area contributed by atoms with Crippen molar-refractivity contribution in [1.29, 1.82) is 0 Å². The van der Waals surface area contributed by atoms with Gasteiger partial charge in [0.05, 0.1) is 11.8 Å². The van der Waals surface area contributed by atoms with Crippen LogP contribution in [0.4, 0.5) is 23.9 Å². The number of anilines is 2. The van der Waals surface area contributed by atoms with Crippen LogP contribution in [0, 0.1) is 0 Å². The van der Waals surface area contributed by atoms with Crippen LogP contribution in [0.25, 0.3) is 0 Å². The molecule has 2 rings (SSSR count). The molecule has 0 amide bonds. The number of halogens is 4. The Morgan fingerprint density at radius 2 is 1.82 bits per heavy atom. The van der Waals surface area contributed by atoms with E-state index in [1.807, 2.05) is 0 Å². The molecule has 0 atom stereocenters. The number of thiazole rings is 1. The molecule has 0 radical (unpaired) electrons. The molecule has 0 fully saturated rings. The van der Waals surface area contributed by atoms with Gasteiger partial charge in [-0.2, -0.15) is 13.2 Å². The number of hydrogen-bond acceptors (Lipinski definition) is 3. The van der Waals surface area contributed by atoms with Gasteiger partial charge < -0.3 is 5.32 Å². The van der Waals surface area contributed by atoms with Gasteiger partial charge in [0.25, 0.3) is 0 Å². The maximum Gasteiger partial charge on any atom is 0.416 e. The van der Waals surface area contributed by atoms with E-state index in [2.05, 4.69) is 10.3 Å². The van der Waals surface area contributed by atoms with Gasteiger partial charge in [0.2, 0.25) is 0 Å². The molecule has 17 heavy (non-hydrogen) atoms. The zero-order chi connectivity index (χ0) is 12.5. The second kappa shape index (κ2) is 4.54. The predicted octanol–water partition coefficient (Wildman–Crippen LogP) is 4.56. The van der Waals surface area contributed by atoms with Crippen molar-refractivity contribution in [3.63, 3.8) is 0 Å². The van der Waals surface area contributed by atoms with E-state index in [0.717, 1.165) is 12.1 Å². The first-order valence-corrected chi connectivity index (χ1v) is 5.70. The molecule has 1 heterocycles. The fraction of sp³-hybridized carbons (Fsp3) is 0.100. The fourth-order valence-corrected chi connectivity index (χ4v) is 2.05. The molecule has 1 aromatic carbocycles. The average Bonchev–Trinajstić information content (AvgIpc) is 2.63. The topological polar surface area (TPSA) is 24.9 Å². The summed E-state index contributed by atoms with van der Waals surface area (Å²) < 4.78 is 37.3. The van der Waals surface area contributed by atoms with Crippen LogP contribution in [-0.4, -0.2) is 4.98 Å². The van der Waals surface area contributed by atoms with Gasteiger partial charge in [0, 0.05) is 5.69 Å². The lowest BCUT2D eigenvalue weighted by atomic mass is 10.2. The molecule has 2 aromatic rings. The van der Waals surface area contributed by atoms with E-state index in [1.54, 1.807) is 0 Å². The molecule has 2 nitrogen and oxygen atoms in total. The molecule has 90 valence electrons. The maximum atomic E-state index is 12.3. The Morgan fingerprint density at radius 3 is 2.29 bits per heavy atom. The molecular weight excluding hydrogens is 273 g/mol. The molecule has 1 aromatic heterocycles. The SMILES string of the molecule is FC(F)(F)c1ccc(Nc2cnc(Cl)s2)cc1. The average molecular weight is 279 g/mol. The quantitative estimate of drug-likeness (QED) is 0.871. The minimum atomic E-state index is -4.31. The molecule has 0 aliphatic rings. The summed E-state index contributed by atoms with van der Waals surface area (Å²) in [4.78, 5) is 3.81. The van der Waals surface area contributed by atoms with E-state index in [0.29, 0.717) is 15.2 Å². The number of hydrogen-bond donors (Lipinski definition) is 1. The largest absolute Gasteiger partial charge is 0.416 e. The van der Waals surface area contributed by atoms with Gasteiger partial charge in [0.1, 0.15) is 5.00 Å². The molecule has 1 N–H and O–H groups in total. The molecule has 0 aliphatic heterocycles. The molecular formula is C10H6ClF3N2S. The number of aromatic nitrogens is 1. The highest BCUT2D eigenvalue weighted by Crippen LogP contribution is 2.31. The number of nitrogens with one attached hydrogen (secondary N) is 1. The zero-order valence-corrected chi connectivity index (χ0v) is 9.83. The first kappa shape index (κ1) is 12.2. The second-order valence-corrected chi connectivity index (χ2v) is 4.79. The molecule has 0 saturated heterocycles. The monoisotopic (exact) mass is 278 g/mol. The summed E-state index contributed by atoms with van der Waals surface area (Å²) in [5.41, 5.74) is -0.122. The van der Waals surface area contributed by atoms with Gasteiger partial charge in [0.15, 0.2) is 4.47 Å². The van der Waals surface area contributed by atoms with E-state index in [-0.39, 0.29) is 0 Å². The lowest BCUT2D eigenvalue weighted by molar-refractivity contribution is -0.137. The Hall–Kier alpha value is -1.27. The lowest BCUT2D eigenvalue weighted by Crippen LogP contribution is -2.04. The Bertz CT molecular complexity index is 507. The van der Waals surface area contributed by atoms with Crippen LogP contribution in [0.2, 0.25) is 4.47 Å². The highest BCUT2D eigenvalue weighted by molar-refractivity contribution is 7.19. The van der Waals surface area contributed by atoms with Crippen molar-refractivity contribution in [3.05, 3.63) is 40.5 Å². The van der Waals surface area contributed by atoms with E-state index in [9.17, 15) is 13.2 Å². The van der Waals surface area contributed by atoms with Crippen molar-refractivity contribution >= 4 is 33.6 Å². The van der Waals surface area contributed by atoms with Crippen LogP contribution in [0.15, 0.2) is 30.5 Å². The summed E-state index contributed by atoms with van der Waals surface area (Å²) in [7, 11) is 0. The van der Waals surface area contributed by atoms with Crippen LogP contribution in [0.1, 0.15) is 5.56 Å². The fourth-order valence-electron chi connectivity index (χ4n) is 1.20. The van der Waals surface area contributed by atoms with Crippen LogP contribution < -0.4 is 5.32 Å². The third-order valence-corrected chi connectivity index (χ3v) is 2.99. The number of rotatable bonds is 2. The Labute approximate surface area is 104 Å². The van der Waals surface area contributed by atoms with Crippen LogP contribution in [-0.2, 0) is 6.18 Å². The van der Waals surface area contributed by atoms with E-state index < -0.39 is 11.7 Å². The van der Waals surface area contributed by atoms with Crippen molar-refractivity contribution < 1.29 is 13.2 Å². The van der Waals surface area contributed by atoms with Crippen molar-refractivity contribution in [2.75, 3.05) is 5.32 Å². The van der Waals surface area contributed by atoms with Crippen molar-refractivity contribution in [2.24, 2.45) is 0 Å². The van der Waals surface area contributed by atoms with Gasteiger partial charge >= 0.3 is 6.18 Å². The highest BCUT2D eigenvalue weighted by atomic mass is 35.5. The Kier molecular flexibility index (Phi) is 3.26. The predicted molar refractivity (Wildman–Crippen MR) is 61.9 cm³/mol. The molecule has 0 bridgehead atoms. The Balaban J connectivity index is 2.13. The van der Waals surface area contributed by atoms with E-state index in [4.69, 9.17) is 11.6 Å². The normalized spacial score (nSPS) is 11.5. The van der Waals surface area contributed by atoms with Crippen molar-refractivity contribution in [3.8, 4) is 0 Å². The first-order chi connectivity index (χ1) is 7.95. The summed E-state index contributed by atoms with van der Waals surface area (Å²) in [5.74, 6) is 0. The highest BCUT2D eigenvalue weighted by Gasteiger charge is 2.29. The van der Waals surface area contributed by atoms with Crippen LogP contribution >= 0.6 is 22.9 Å². The number of benzene rings is 1. The number of alkyl halides is 3. The van der Waals surface area contributed by atoms with Crippen LogP contribution in [0.3, 0.4) is 0 Å². The van der Waals surface area contributed by atoms with Crippen molar-refractivity contribution in [1.82, 2.24) is 4.98 Å². The van der Waals surface area contributed by atoms with Gasteiger partial charge in [-0.3, -0.25) is 0 Å². The third-order valence-electron chi connectivity index (χ3n) is 1.96. The number of nitrogens with zero attached hydrogens (tertiary/aromatic N) is 1. The van der Waals surface area contributed by atoms with Gasteiger partial charge in [-0.15, -0.1) is 0 Å². The first-order valence-electron chi connectivity index (χ1n) is 4.51. The summed E-state index contributed by atoms with van der Waals surface area (Å²) in [6, 6.07) is 4.75. The van der Waals surface area contributed by atoms with E-state index >= 15 is 0 Å².